The summed E-state index contributed by atoms with van der Waals surface area (Å²) in [5.41, 5.74) is -1.32. The summed E-state index contributed by atoms with van der Waals surface area (Å²) >= 11 is 6.55. The number of aliphatic hydroxyl groups excluding tert-OH is 3. The molecule has 36 heavy (non-hydrogen) atoms. The summed E-state index contributed by atoms with van der Waals surface area (Å²) in [6, 6.07) is 0. The molecule has 10 heteroatoms. The lowest BCUT2D eigenvalue weighted by Crippen LogP contribution is -2.45. The molecular formula is C26H38ClNO8. The maximum atomic E-state index is 13.2. The van der Waals surface area contributed by atoms with E-state index in [-0.39, 0.29) is 35.3 Å². The molecule has 0 aliphatic carbocycles. The second kappa shape index (κ2) is 11.3. The quantitative estimate of drug-likeness (QED) is 0.398. The maximum Gasteiger partial charge on any atom is 0.309 e. The molecule has 202 valence electrons. The van der Waals surface area contributed by atoms with Crippen LogP contribution in [0.5, 0.6) is 0 Å². The number of carbonyl (C=O) groups is 2. The van der Waals surface area contributed by atoms with Gasteiger partial charge in [0.25, 0.3) is 0 Å². The number of fused-ring (bicyclic) bond motifs is 1. The fourth-order valence-electron chi connectivity index (χ4n) is 4.88. The van der Waals surface area contributed by atoms with E-state index in [4.69, 9.17) is 30.6 Å². The number of epoxide rings is 1. The number of oxazole rings is 1. The normalized spacial score (nSPS) is 36.8. The topological polar surface area (TPSA) is 143 Å². The fourth-order valence-corrected chi connectivity index (χ4v) is 5.13. The van der Waals surface area contributed by atoms with Crippen LogP contribution >= 0.6 is 11.6 Å². The Morgan fingerprint density at radius 1 is 1.25 bits per heavy atom. The second-order valence-corrected chi connectivity index (χ2v) is 11.4. The summed E-state index contributed by atoms with van der Waals surface area (Å²) < 4.78 is 16.8. The Hall–Kier alpha value is -1.78. The van der Waals surface area contributed by atoms with E-state index in [1.807, 2.05) is 13.8 Å². The molecule has 2 saturated heterocycles. The number of carbonyl (C=O) groups excluding carboxylic acids is 2. The van der Waals surface area contributed by atoms with Gasteiger partial charge in [0.1, 0.15) is 30.5 Å². The first-order valence-electron chi connectivity index (χ1n) is 12.5. The number of aromatic nitrogens is 1. The van der Waals surface area contributed by atoms with Crippen molar-refractivity contribution in [1.82, 2.24) is 4.98 Å². The fraction of sp³-hybridized carbons (Fsp3) is 0.731. The number of aliphatic hydroxyl groups is 3. The maximum absolute atomic E-state index is 13.2. The Morgan fingerprint density at radius 2 is 1.94 bits per heavy atom. The van der Waals surface area contributed by atoms with E-state index >= 15 is 0 Å². The SMILES string of the molecule is C[C@H]1CCC[C@@]2(C)O[C@H]2C[C@@H](C(Cl)=Cc2coc(CO)n2)OC(=O)C[C@H](O)C(C)(C)C(=O)[C@H](C)[C@H]1O. The van der Waals surface area contributed by atoms with Crippen LogP contribution in [0.2, 0.25) is 0 Å². The Kier molecular flexibility index (Phi) is 9.04. The van der Waals surface area contributed by atoms with E-state index in [0.717, 1.165) is 12.8 Å². The minimum Gasteiger partial charge on any atom is -0.456 e. The van der Waals surface area contributed by atoms with Gasteiger partial charge in [0, 0.05) is 12.3 Å². The molecule has 1 aromatic rings. The van der Waals surface area contributed by atoms with Crippen molar-refractivity contribution in [2.45, 2.75) is 103 Å². The van der Waals surface area contributed by atoms with E-state index in [1.54, 1.807) is 20.8 Å². The molecule has 0 unspecified atom stereocenters. The highest BCUT2D eigenvalue weighted by atomic mass is 35.5. The third-order valence-corrected chi connectivity index (χ3v) is 8.06. The summed E-state index contributed by atoms with van der Waals surface area (Å²) in [4.78, 5) is 30.1. The highest BCUT2D eigenvalue weighted by Crippen LogP contribution is 2.45. The van der Waals surface area contributed by atoms with Crippen molar-refractivity contribution in [3.05, 3.63) is 22.9 Å². The van der Waals surface area contributed by atoms with Gasteiger partial charge in [-0.1, -0.05) is 45.7 Å². The first kappa shape index (κ1) is 28.8. The molecule has 2 aliphatic heterocycles. The van der Waals surface area contributed by atoms with E-state index in [2.05, 4.69) is 4.98 Å². The summed E-state index contributed by atoms with van der Waals surface area (Å²) in [6.07, 6.45) is 1.72. The average Bonchev–Trinajstić information content (AvgIpc) is 3.23. The van der Waals surface area contributed by atoms with Crippen LogP contribution in [0, 0.1) is 17.3 Å². The number of hydrogen-bond donors (Lipinski definition) is 3. The largest absolute Gasteiger partial charge is 0.456 e. The van der Waals surface area contributed by atoms with Crippen LogP contribution in [0.4, 0.5) is 0 Å². The monoisotopic (exact) mass is 527 g/mol. The van der Waals surface area contributed by atoms with Gasteiger partial charge in [-0.15, -0.1) is 0 Å². The molecule has 3 heterocycles. The summed E-state index contributed by atoms with van der Waals surface area (Å²) in [7, 11) is 0. The molecule has 2 aliphatic rings. The predicted molar refractivity (Wildman–Crippen MR) is 132 cm³/mol. The van der Waals surface area contributed by atoms with Crippen molar-refractivity contribution in [2.75, 3.05) is 0 Å². The van der Waals surface area contributed by atoms with Crippen molar-refractivity contribution < 1.29 is 38.8 Å². The number of Topliss-reactive ketones (excluding diaryl/α,β-unsaturated/α-hetero) is 1. The number of ether oxygens (including phenoxy) is 2. The molecule has 0 aromatic carbocycles. The molecule has 0 amide bonds. The van der Waals surface area contributed by atoms with Gasteiger partial charge in [0.05, 0.1) is 40.8 Å². The van der Waals surface area contributed by atoms with Crippen LogP contribution in [0.1, 0.15) is 78.3 Å². The molecule has 3 rings (SSSR count). The van der Waals surface area contributed by atoms with Gasteiger partial charge < -0.3 is 29.2 Å². The van der Waals surface area contributed by atoms with Crippen LogP contribution in [0.3, 0.4) is 0 Å². The second-order valence-electron chi connectivity index (χ2n) is 10.9. The smallest absolute Gasteiger partial charge is 0.309 e. The number of hydrogen-bond acceptors (Lipinski definition) is 9. The first-order chi connectivity index (χ1) is 16.8. The number of rotatable bonds is 3. The predicted octanol–water partition coefficient (Wildman–Crippen LogP) is 3.37. The highest BCUT2D eigenvalue weighted by molar-refractivity contribution is 6.32. The molecular weight excluding hydrogens is 490 g/mol. The van der Waals surface area contributed by atoms with Crippen molar-refractivity contribution in [3.8, 4) is 0 Å². The van der Waals surface area contributed by atoms with Gasteiger partial charge in [-0.2, -0.15) is 0 Å². The minimum absolute atomic E-state index is 0.119. The van der Waals surface area contributed by atoms with E-state index in [0.29, 0.717) is 18.5 Å². The number of nitrogens with zero attached hydrogens (tertiary/aromatic N) is 1. The zero-order chi connectivity index (χ0) is 26.8. The van der Waals surface area contributed by atoms with Crippen molar-refractivity contribution >= 4 is 29.4 Å². The molecule has 2 fully saturated rings. The van der Waals surface area contributed by atoms with Crippen LogP contribution < -0.4 is 0 Å². The Bertz CT molecular complexity index is 975. The number of cyclic esters (lactones) is 1. The van der Waals surface area contributed by atoms with Crippen LogP contribution in [0.15, 0.2) is 15.7 Å². The lowest BCUT2D eigenvalue weighted by molar-refractivity contribution is -0.154. The Labute approximate surface area is 216 Å². The van der Waals surface area contributed by atoms with Crippen LogP contribution in [0.25, 0.3) is 6.08 Å². The van der Waals surface area contributed by atoms with Gasteiger partial charge in [-0.05, 0) is 31.8 Å². The van der Waals surface area contributed by atoms with Gasteiger partial charge in [-0.25, -0.2) is 4.98 Å². The third kappa shape index (κ3) is 6.55. The molecule has 0 spiro atoms. The van der Waals surface area contributed by atoms with Crippen molar-refractivity contribution in [2.24, 2.45) is 17.3 Å². The average molecular weight is 528 g/mol. The number of halogens is 1. The molecule has 7 atom stereocenters. The highest BCUT2D eigenvalue weighted by Gasteiger charge is 2.53. The zero-order valence-electron chi connectivity index (χ0n) is 21.6. The Morgan fingerprint density at radius 3 is 2.58 bits per heavy atom. The number of ketones is 1. The Balaban J connectivity index is 1.85. The minimum atomic E-state index is -1.32. The molecule has 0 saturated carbocycles. The summed E-state index contributed by atoms with van der Waals surface area (Å²) in [5.74, 6) is -1.72. The molecule has 1 aromatic heterocycles. The molecule has 0 radical (unpaired) electrons. The zero-order valence-corrected chi connectivity index (χ0v) is 22.3. The van der Waals surface area contributed by atoms with Crippen molar-refractivity contribution in [1.29, 1.82) is 0 Å². The standard InChI is InChI=1S/C26H38ClNO8/c1-14-7-6-8-26(5)20(36-26)10-18(17(27)9-16-13-34-21(12-29)28-16)35-22(31)11-19(30)25(3,4)24(33)15(2)23(14)32/h9,13-15,18-20,23,29-30,32H,6-8,10-12H2,1-5H3/t14-,15+,18-,19-,20-,23-,26+/m0/s1. The summed E-state index contributed by atoms with van der Waals surface area (Å²) in [6.45, 7) is 8.34. The van der Waals surface area contributed by atoms with Gasteiger partial charge in [0.2, 0.25) is 5.89 Å². The van der Waals surface area contributed by atoms with E-state index in [9.17, 15) is 19.8 Å². The van der Waals surface area contributed by atoms with Crippen LogP contribution in [-0.4, -0.2) is 62.1 Å². The van der Waals surface area contributed by atoms with E-state index < -0.39 is 47.6 Å². The van der Waals surface area contributed by atoms with E-state index in [1.165, 1.54) is 12.3 Å². The molecule has 9 nitrogen and oxygen atoms in total. The molecule has 3 N–H and O–H groups in total. The summed E-state index contributed by atoms with van der Waals surface area (Å²) in [5, 5.41) is 31.0. The lowest BCUT2D eigenvalue weighted by Gasteiger charge is -2.34. The first-order valence-corrected chi connectivity index (χ1v) is 12.9. The molecule has 0 bridgehead atoms. The van der Waals surface area contributed by atoms with Gasteiger partial charge in [-0.3, -0.25) is 9.59 Å². The number of esters is 1. The third-order valence-electron chi connectivity index (χ3n) is 7.70. The van der Waals surface area contributed by atoms with Crippen LogP contribution in [-0.2, 0) is 25.7 Å². The van der Waals surface area contributed by atoms with Gasteiger partial charge >= 0.3 is 5.97 Å². The van der Waals surface area contributed by atoms with Crippen molar-refractivity contribution in [3.63, 3.8) is 0 Å². The lowest BCUT2D eigenvalue weighted by atomic mass is 9.73. The van der Waals surface area contributed by atoms with Gasteiger partial charge in [0.15, 0.2) is 0 Å².